The van der Waals surface area contributed by atoms with Gasteiger partial charge >= 0.3 is 0 Å². The lowest BCUT2D eigenvalue weighted by Gasteiger charge is -2.16. The second-order valence-electron chi connectivity index (χ2n) is 6.99. The van der Waals surface area contributed by atoms with Gasteiger partial charge in [0, 0.05) is 22.6 Å². The number of aromatic nitrogens is 3. The molecule has 31 heavy (non-hydrogen) atoms. The first kappa shape index (κ1) is 20.6. The molecule has 156 valence electrons. The van der Waals surface area contributed by atoms with E-state index in [1.807, 2.05) is 17.5 Å². The minimum Gasteiger partial charge on any atom is -0.324 e. The fourth-order valence-corrected chi connectivity index (χ4v) is 3.96. The van der Waals surface area contributed by atoms with E-state index in [-0.39, 0.29) is 17.3 Å². The van der Waals surface area contributed by atoms with Crippen molar-refractivity contribution in [3.05, 3.63) is 87.9 Å². The molecule has 0 aliphatic rings. The molecule has 0 unspecified atom stereocenters. The van der Waals surface area contributed by atoms with Crippen molar-refractivity contribution in [1.29, 1.82) is 0 Å². The van der Waals surface area contributed by atoms with Gasteiger partial charge in [-0.15, -0.1) is 11.3 Å². The van der Waals surface area contributed by atoms with E-state index in [1.54, 1.807) is 50.2 Å². The summed E-state index contributed by atoms with van der Waals surface area (Å²) in [7, 11) is 0. The van der Waals surface area contributed by atoms with Crippen LogP contribution in [-0.4, -0.2) is 20.7 Å². The van der Waals surface area contributed by atoms with E-state index in [2.05, 4.69) is 15.4 Å². The zero-order valence-corrected chi connectivity index (χ0v) is 17.7. The van der Waals surface area contributed by atoms with E-state index >= 15 is 0 Å². The molecular weight excluding hydrogens is 415 g/mol. The molecule has 6 nitrogen and oxygen atoms in total. The first-order chi connectivity index (χ1) is 14.9. The molecule has 4 aromatic rings. The van der Waals surface area contributed by atoms with Crippen LogP contribution in [0.5, 0.6) is 0 Å². The number of hydrogen-bond acceptors (Lipinski definition) is 5. The van der Waals surface area contributed by atoms with Crippen LogP contribution < -0.4 is 10.9 Å². The number of thiazole rings is 1. The molecule has 0 aliphatic carbocycles. The highest BCUT2D eigenvalue weighted by molar-refractivity contribution is 7.13. The summed E-state index contributed by atoms with van der Waals surface area (Å²) in [5.41, 5.74) is 2.59. The lowest BCUT2D eigenvalue weighted by molar-refractivity contribution is -0.119. The molecule has 0 radical (unpaired) electrons. The molecule has 1 N–H and O–H groups in total. The third-order valence-electron chi connectivity index (χ3n) is 4.77. The van der Waals surface area contributed by atoms with Gasteiger partial charge in [0.25, 0.3) is 5.56 Å². The Bertz CT molecular complexity index is 1310. The van der Waals surface area contributed by atoms with Gasteiger partial charge in [-0.25, -0.2) is 14.1 Å². The highest BCUT2D eigenvalue weighted by atomic mass is 32.1. The van der Waals surface area contributed by atoms with Gasteiger partial charge in [0.1, 0.15) is 16.9 Å². The number of para-hydroxylation sites is 1. The SMILES string of the molecule is Cc1ccc(=O)n([C@@H](C)C(=O)Nc2ccccc2-c2csc(-c3ccccc3F)n2)n1. The van der Waals surface area contributed by atoms with Crippen molar-refractivity contribution in [2.24, 2.45) is 0 Å². The van der Waals surface area contributed by atoms with E-state index in [0.717, 1.165) is 4.68 Å². The predicted molar refractivity (Wildman–Crippen MR) is 120 cm³/mol. The average molecular weight is 434 g/mol. The quantitative estimate of drug-likeness (QED) is 0.495. The molecular formula is C23H19FN4O2S. The topological polar surface area (TPSA) is 76.9 Å². The number of halogens is 1. The van der Waals surface area contributed by atoms with Crippen LogP contribution in [0.15, 0.2) is 70.8 Å². The predicted octanol–water partition coefficient (Wildman–Crippen LogP) is 4.68. The second-order valence-corrected chi connectivity index (χ2v) is 7.84. The van der Waals surface area contributed by atoms with Crippen LogP contribution in [0, 0.1) is 12.7 Å². The molecule has 0 aliphatic heterocycles. The van der Waals surface area contributed by atoms with E-state index in [9.17, 15) is 14.0 Å². The molecule has 2 heterocycles. The molecule has 1 atom stereocenters. The first-order valence-corrected chi connectivity index (χ1v) is 10.5. The van der Waals surface area contributed by atoms with Gasteiger partial charge in [-0.2, -0.15) is 5.10 Å². The molecule has 0 saturated carbocycles. The van der Waals surface area contributed by atoms with Gasteiger partial charge in [-0.1, -0.05) is 30.3 Å². The highest BCUT2D eigenvalue weighted by Gasteiger charge is 2.20. The number of aryl methyl sites for hydroxylation is 1. The van der Waals surface area contributed by atoms with Crippen LogP contribution in [-0.2, 0) is 4.79 Å². The third-order valence-corrected chi connectivity index (χ3v) is 5.65. The van der Waals surface area contributed by atoms with Crippen molar-refractivity contribution in [1.82, 2.24) is 14.8 Å². The molecule has 0 fully saturated rings. The Kier molecular flexibility index (Phi) is 5.73. The number of amides is 1. The maximum Gasteiger partial charge on any atom is 0.267 e. The van der Waals surface area contributed by atoms with E-state index in [4.69, 9.17) is 0 Å². The molecule has 8 heteroatoms. The molecule has 2 aromatic carbocycles. The number of rotatable bonds is 5. The Morgan fingerprint density at radius 1 is 1.06 bits per heavy atom. The van der Waals surface area contributed by atoms with E-state index in [1.165, 1.54) is 23.5 Å². The smallest absolute Gasteiger partial charge is 0.267 e. The molecule has 0 bridgehead atoms. The van der Waals surface area contributed by atoms with Gasteiger partial charge in [-0.3, -0.25) is 9.59 Å². The van der Waals surface area contributed by atoms with Crippen LogP contribution in [0.25, 0.3) is 21.8 Å². The van der Waals surface area contributed by atoms with Crippen molar-refractivity contribution in [2.75, 3.05) is 5.32 Å². The Balaban J connectivity index is 1.63. The fourth-order valence-electron chi connectivity index (χ4n) is 3.12. The van der Waals surface area contributed by atoms with Crippen LogP contribution in [0.3, 0.4) is 0 Å². The average Bonchev–Trinajstić information content (AvgIpc) is 3.25. The molecule has 0 spiro atoms. The summed E-state index contributed by atoms with van der Waals surface area (Å²) < 4.78 is 15.3. The maximum atomic E-state index is 14.1. The van der Waals surface area contributed by atoms with Crippen LogP contribution in [0.1, 0.15) is 18.7 Å². The van der Waals surface area contributed by atoms with Gasteiger partial charge in [0.05, 0.1) is 17.1 Å². The number of hydrogen-bond donors (Lipinski definition) is 1. The number of nitrogens with one attached hydrogen (secondary N) is 1. The van der Waals surface area contributed by atoms with Crippen molar-refractivity contribution in [3.63, 3.8) is 0 Å². The molecule has 2 aromatic heterocycles. The molecule has 1 amide bonds. The van der Waals surface area contributed by atoms with E-state index in [0.29, 0.717) is 33.2 Å². The Morgan fingerprint density at radius 2 is 1.77 bits per heavy atom. The fraction of sp³-hybridized carbons (Fsp3) is 0.130. The lowest BCUT2D eigenvalue weighted by Crippen LogP contribution is -2.33. The Morgan fingerprint density at radius 3 is 2.55 bits per heavy atom. The summed E-state index contributed by atoms with van der Waals surface area (Å²) >= 11 is 1.33. The lowest BCUT2D eigenvalue weighted by atomic mass is 10.1. The monoisotopic (exact) mass is 434 g/mol. The highest BCUT2D eigenvalue weighted by Crippen LogP contribution is 2.33. The van der Waals surface area contributed by atoms with Crippen LogP contribution in [0.2, 0.25) is 0 Å². The van der Waals surface area contributed by atoms with Crippen LogP contribution >= 0.6 is 11.3 Å². The number of carbonyl (C=O) groups excluding carboxylic acids is 1. The van der Waals surface area contributed by atoms with Gasteiger partial charge in [0.15, 0.2) is 0 Å². The minimum absolute atomic E-state index is 0.338. The second kappa shape index (κ2) is 8.61. The number of anilines is 1. The van der Waals surface area contributed by atoms with Crippen molar-refractivity contribution >= 4 is 22.9 Å². The number of benzene rings is 2. The number of carbonyl (C=O) groups is 1. The van der Waals surface area contributed by atoms with Crippen molar-refractivity contribution in [2.45, 2.75) is 19.9 Å². The third kappa shape index (κ3) is 4.29. The summed E-state index contributed by atoms with van der Waals surface area (Å²) in [6, 6.07) is 15.9. The summed E-state index contributed by atoms with van der Waals surface area (Å²) in [6.07, 6.45) is 0. The van der Waals surface area contributed by atoms with Crippen molar-refractivity contribution < 1.29 is 9.18 Å². The summed E-state index contributed by atoms with van der Waals surface area (Å²) in [5, 5.41) is 9.40. The summed E-state index contributed by atoms with van der Waals surface area (Å²) in [6.45, 7) is 3.37. The standard InChI is InChI=1S/C23H19FN4O2S/c1-14-11-12-21(29)28(27-14)15(2)22(30)25-19-10-6-4-8-17(19)20-13-31-23(26-20)16-7-3-5-9-18(16)24/h3-13,15H,1-2H3,(H,25,30)/t15-/m0/s1. The van der Waals surface area contributed by atoms with Gasteiger partial charge in [0.2, 0.25) is 5.91 Å². The van der Waals surface area contributed by atoms with Crippen molar-refractivity contribution in [3.8, 4) is 21.8 Å². The molecule has 4 rings (SSSR count). The van der Waals surface area contributed by atoms with Gasteiger partial charge in [-0.05, 0) is 38.1 Å². The van der Waals surface area contributed by atoms with Gasteiger partial charge < -0.3 is 5.32 Å². The Hall–Kier alpha value is -3.65. The zero-order valence-electron chi connectivity index (χ0n) is 16.9. The summed E-state index contributed by atoms with van der Waals surface area (Å²) in [5.74, 6) is -0.716. The maximum absolute atomic E-state index is 14.1. The molecule has 0 saturated heterocycles. The van der Waals surface area contributed by atoms with Crippen LogP contribution in [0.4, 0.5) is 10.1 Å². The Labute approximate surface area is 182 Å². The largest absolute Gasteiger partial charge is 0.324 e. The van der Waals surface area contributed by atoms with E-state index < -0.39 is 6.04 Å². The zero-order chi connectivity index (χ0) is 22.0. The minimum atomic E-state index is -0.801. The normalized spacial score (nSPS) is 11.8. The number of nitrogens with zero attached hydrogens (tertiary/aromatic N) is 3. The first-order valence-electron chi connectivity index (χ1n) is 9.61. The summed E-state index contributed by atoms with van der Waals surface area (Å²) in [4.78, 5) is 29.5.